The maximum absolute atomic E-state index is 18.5. The predicted molar refractivity (Wildman–Crippen MR) is 431 cm³/mol. The van der Waals surface area contributed by atoms with Gasteiger partial charge >= 0.3 is 0 Å². The van der Waals surface area contributed by atoms with Crippen LogP contribution >= 0.6 is 7.14 Å². The van der Waals surface area contributed by atoms with Crippen LogP contribution < -0.4 is 53.8 Å². The van der Waals surface area contributed by atoms with Crippen LogP contribution in [0.4, 0.5) is 0 Å². The van der Waals surface area contributed by atoms with Crippen LogP contribution in [0.25, 0.3) is 44.5 Å². The van der Waals surface area contributed by atoms with Crippen LogP contribution in [-0.2, 0) is 15.4 Å². The smallest absolute Gasteiger partial charge is 0.171 e. The summed E-state index contributed by atoms with van der Waals surface area (Å²) in [5.41, 5.74) is 15.4. The topological polar surface area (TPSA) is 90.9 Å². The fourth-order valence-electron chi connectivity index (χ4n) is 16.3. The van der Waals surface area contributed by atoms with Crippen LogP contribution in [-0.4, -0.2) is 52.9 Å². The first-order chi connectivity index (χ1) is 50.9. The lowest BCUT2D eigenvalue weighted by Crippen LogP contribution is -2.31. The van der Waals surface area contributed by atoms with Gasteiger partial charge in [-0.15, -0.1) is 0 Å². The molecule has 0 aromatic heterocycles. The van der Waals surface area contributed by atoms with E-state index in [4.69, 9.17) is 37.9 Å². The van der Waals surface area contributed by atoms with Gasteiger partial charge in [-0.2, -0.15) is 0 Å². The molecule has 9 aromatic rings. The van der Waals surface area contributed by atoms with Crippen molar-refractivity contribution < 1.29 is 42.5 Å². The molecule has 0 fully saturated rings. The maximum atomic E-state index is 18.5. The predicted octanol–water partition coefficient (Wildman–Crippen LogP) is 22.8. The first-order valence-electron chi connectivity index (χ1n) is 39.8. The van der Waals surface area contributed by atoms with E-state index in [1.54, 1.807) is 0 Å². The van der Waals surface area contributed by atoms with Crippen molar-refractivity contribution in [2.75, 3.05) is 52.9 Å². The largest absolute Gasteiger partial charge is 0.489 e. The Balaban J connectivity index is 1.07. The Labute approximate surface area is 626 Å². The van der Waals surface area contributed by atoms with E-state index in [0.29, 0.717) is 99.9 Å². The molecule has 1 aliphatic heterocycles. The number of hydrogen-bond acceptors (Lipinski definition) is 9. The molecule has 9 aromatic carbocycles. The van der Waals surface area contributed by atoms with Gasteiger partial charge in [0.25, 0.3) is 0 Å². The summed E-state index contributed by atoms with van der Waals surface area (Å²) in [6.07, 6.45) is 8.80. The van der Waals surface area contributed by atoms with Crippen molar-refractivity contribution in [3.8, 4) is 90.5 Å². The van der Waals surface area contributed by atoms with E-state index < -0.39 is 18.0 Å². The molecule has 2 spiro atoms. The second-order valence-corrected chi connectivity index (χ2v) is 34.9. The zero-order valence-electron chi connectivity index (χ0n) is 64.8. The molecule has 10 heteroatoms. The van der Waals surface area contributed by atoms with Crippen molar-refractivity contribution in [2.45, 2.75) is 166 Å². The minimum Gasteiger partial charge on any atom is -0.489 e. The van der Waals surface area contributed by atoms with E-state index >= 15 is 4.57 Å². The molecule has 1 heterocycles. The van der Waals surface area contributed by atoms with Crippen molar-refractivity contribution in [1.82, 2.24) is 0 Å². The van der Waals surface area contributed by atoms with Gasteiger partial charge in [0.1, 0.15) is 0 Å². The third-order valence-electron chi connectivity index (χ3n) is 24.2. The van der Waals surface area contributed by atoms with Crippen molar-refractivity contribution in [3.05, 3.63) is 208 Å². The second kappa shape index (κ2) is 30.8. The summed E-state index contributed by atoms with van der Waals surface area (Å²) in [6.45, 7) is 35.7. The van der Waals surface area contributed by atoms with Gasteiger partial charge < -0.3 is 42.5 Å². The summed E-state index contributed by atoms with van der Waals surface area (Å²) in [5.74, 6) is 8.08. The minimum absolute atomic E-state index is 0.219. The Morgan fingerprint density at radius 1 is 0.333 bits per heavy atom. The quantitative estimate of drug-likeness (QED) is 0.0519. The van der Waals surface area contributed by atoms with Gasteiger partial charge in [0.2, 0.25) is 0 Å². The highest BCUT2D eigenvalue weighted by molar-refractivity contribution is 7.85. The molecule has 10 unspecified atom stereocenters. The van der Waals surface area contributed by atoms with E-state index in [9.17, 15) is 0 Å². The summed E-state index contributed by atoms with van der Waals surface area (Å²) in [5, 5.41) is 2.21. The van der Waals surface area contributed by atoms with E-state index in [1.807, 2.05) is 18.2 Å². The molecule has 0 N–H and O–H groups in total. The zero-order chi connectivity index (χ0) is 73.5. The summed E-state index contributed by atoms with van der Waals surface area (Å²) in [6, 6.07) is 59.9. The van der Waals surface area contributed by atoms with E-state index in [-0.39, 0.29) is 11.8 Å². The third kappa shape index (κ3) is 13.2. The number of rotatable bonds is 25. The molecule has 14 rings (SSSR count). The summed E-state index contributed by atoms with van der Waals surface area (Å²) >= 11 is 0. The number of fused-ring (bicyclic) bond motifs is 12. The maximum Gasteiger partial charge on any atom is 0.171 e. The fraction of sp³-hybridized carbons (Fsp3) is 0.432. The van der Waals surface area contributed by atoms with Gasteiger partial charge in [-0.1, -0.05) is 245 Å². The SMILES string of the molecule is CCC(C)COc1cc2c(cc1OCC(C)CC)C13c4ccccc4-c4ccc(cc41)P(=O)(c1ccccc1)c1ccc4c(c1)C1(c5ccccc5-4)c4cc(OCC(C)CC)c(OCC(C)CC)cc4-c4cc(OCC(C)CC)c(cc41)OCC(C)CCCC(C)COc1cc3c-2cc1OCC(C)CC. The van der Waals surface area contributed by atoms with Gasteiger partial charge in [0.05, 0.1) is 63.7 Å². The Morgan fingerprint density at radius 3 is 0.990 bits per heavy atom. The van der Waals surface area contributed by atoms with Crippen LogP contribution in [0.15, 0.2) is 164 Å². The van der Waals surface area contributed by atoms with Gasteiger partial charge in [0, 0.05) is 15.9 Å². The first kappa shape index (κ1) is 73.5. The Morgan fingerprint density at radius 2 is 0.629 bits per heavy atom. The van der Waals surface area contributed by atoms with Crippen LogP contribution in [0.5, 0.6) is 46.0 Å². The minimum atomic E-state index is -3.91. The van der Waals surface area contributed by atoms with Crippen molar-refractivity contribution in [3.63, 3.8) is 0 Å². The summed E-state index contributed by atoms with van der Waals surface area (Å²) in [7, 11) is -3.91. The summed E-state index contributed by atoms with van der Waals surface area (Å²) in [4.78, 5) is 0. The molecule has 4 aliphatic carbocycles. The average Bonchev–Trinajstić information content (AvgIpc) is 1.51. The second-order valence-electron chi connectivity index (χ2n) is 32.1. The number of ether oxygens (including phenoxy) is 8. The van der Waals surface area contributed by atoms with Gasteiger partial charge in [0.15, 0.2) is 53.1 Å². The molecule has 5 aliphatic rings. The molecule has 0 saturated carbocycles. The lowest BCUT2D eigenvalue weighted by molar-refractivity contribution is 0.204. The van der Waals surface area contributed by atoms with Gasteiger partial charge in [-0.05, 0) is 210 Å². The van der Waals surface area contributed by atoms with Crippen molar-refractivity contribution in [1.29, 1.82) is 0 Å². The lowest BCUT2D eigenvalue weighted by atomic mass is 9.70. The van der Waals surface area contributed by atoms with E-state index in [2.05, 4.69) is 243 Å². The van der Waals surface area contributed by atoms with Crippen LogP contribution in [0.2, 0.25) is 0 Å². The fourth-order valence-corrected chi connectivity index (χ4v) is 19.0. The van der Waals surface area contributed by atoms with E-state index in [0.717, 1.165) is 197 Å². The first-order valence-corrected chi connectivity index (χ1v) is 41.6. The standard InChI is InChI=1S/C95H111O9P/c1-15-59(7)51-97-86-43-74-76-45-88(99-53-61(9)17-3)92-49-84(76)94(82(74)47-90(86)101-55-63(11)19-5)78-35-26-24-33-70(78)72-39-37-68(41-80(72)94)105(96,67-31-22-21-23-32-67)69-38-40-73-71-34-25-27-36-79(71)95(81(73)42-69)83-48-91(102-56-64(12)20-6)87(98-52-60(8)16-2)44-75(83)77-46-89(100-54-62(10)18-4)93(50-85(77)95)104-58-66(14)30-28-29-65(13)57-103-92/h21-27,31-50,59-66H,15-20,28-30,51-58H2,1-14H3. The molecular weight excluding hydrogens is 1320 g/mol. The molecule has 550 valence electrons. The van der Waals surface area contributed by atoms with Crippen LogP contribution in [0.3, 0.4) is 0 Å². The van der Waals surface area contributed by atoms with Gasteiger partial charge in [-0.3, -0.25) is 0 Å². The highest BCUT2D eigenvalue weighted by Crippen LogP contribution is 2.68. The molecule has 0 radical (unpaired) electrons. The molecular formula is C95H111O9P. The highest BCUT2D eigenvalue weighted by Gasteiger charge is 2.56. The molecule has 10 atom stereocenters. The normalized spacial score (nSPS) is 21.0. The monoisotopic (exact) mass is 1430 g/mol. The molecule has 105 heavy (non-hydrogen) atoms. The number of benzene rings is 9. The van der Waals surface area contributed by atoms with Gasteiger partial charge in [-0.25, -0.2) is 0 Å². The summed E-state index contributed by atoms with van der Waals surface area (Å²) < 4.78 is 75.3. The van der Waals surface area contributed by atoms with Crippen LogP contribution in [0.1, 0.15) is 199 Å². The molecule has 0 amide bonds. The van der Waals surface area contributed by atoms with Crippen LogP contribution in [0, 0.1) is 47.3 Å². The Bertz CT molecular complexity index is 4420. The zero-order valence-corrected chi connectivity index (χ0v) is 65.7. The lowest BCUT2D eigenvalue weighted by Gasteiger charge is -2.33. The highest BCUT2D eigenvalue weighted by atomic mass is 31.2. The van der Waals surface area contributed by atoms with Crippen molar-refractivity contribution >= 4 is 23.1 Å². The van der Waals surface area contributed by atoms with Crippen molar-refractivity contribution in [2.24, 2.45) is 47.3 Å². The third-order valence-corrected chi connectivity index (χ3v) is 27.2. The van der Waals surface area contributed by atoms with E-state index in [1.165, 1.54) is 0 Å². The Hall–Kier alpha value is -8.39. The molecule has 0 saturated heterocycles. The Kier molecular flexibility index (Phi) is 21.6. The number of hydrogen-bond donors (Lipinski definition) is 0. The molecule has 8 bridgehead atoms. The molecule has 9 nitrogen and oxygen atoms in total. The average molecular weight is 1430 g/mol.